The van der Waals surface area contributed by atoms with Gasteiger partial charge in [0.15, 0.2) is 11.3 Å². The highest BCUT2D eigenvalue weighted by atomic mass is 16.5. The number of carbonyl (C=O) groups is 2. The van der Waals surface area contributed by atoms with Crippen molar-refractivity contribution in [3.05, 3.63) is 110 Å². The fourth-order valence-electron chi connectivity index (χ4n) is 9.09. The van der Waals surface area contributed by atoms with Gasteiger partial charge in [-0.15, -0.1) is 0 Å². The van der Waals surface area contributed by atoms with Gasteiger partial charge in [-0.2, -0.15) is 10.2 Å². The van der Waals surface area contributed by atoms with Crippen LogP contribution in [0.25, 0.3) is 11.3 Å². The van der Waals surface area contributed by atoms with Gasteiger partial charge in [0.2, 0.25) is 11.8 Å². The summed E-state index contributed by atoms with van der Waals surface area (Å²) in [5, 5.41) is 21.6. The minimum absolute atomic E-state index is 0.115. The second-order valence-electron chi connectivity index (χ2n) is 16.5. The predicted octanol–water partition coefficient (Wildman–Crippen LogP) is 5.29. The van der Waals surface area contributed by atoms with E-state index in [1.54, 1.807) is 21.7 Å². The smallest absolute Gasteiger partial charge is 0.243 e. The molecular formula is C46H54N14O4. The van der Waals surface area contributed by atoms with Gasteiger partial charge in [0.05, 0.1) is 61.6 Å². The Morgan fingerprint density at radius 3 is 1.44 bits per heavy atom. The first kappa shape index (κ1) is 42.4. The second kappa shape index (κ2) is 19.6. The van der Waals surface area contributed by atoms with E-state index in [4.69, 9.17) is 9.47 Å². The van der Waals surface area contributed by atoms with E-state index in [2.05, 4.69) is 98.6 Å². The SMILES string of the molecule is C=CC(=O)N[C@@H]1CC[C@H](c2cc(Nc3ccc(N4CCOCC4)cn3)c3ncnn3c2)C1.C=CC(=O)N[C@H]1CC[C@@H](c2cc(Nc3ccc(N4CCOCC4)cn3)c3ncnn3c2)C1. The van der Waals surface area contributed by atoms with Gasteiger partial charge in [0.1, 0.15) is 24.3 Å². The number of morpholine rings is 2. The van der Waals surface area contributed by atoms with Gasteiger partial charge >= 0.3 is 0 Å². The zero-order chi connectivity index (χ0) is 43.8. The number of aromatic nitrogens is 8. The minimum Gasteiger partial charge on any atom is -0.378 e. The molecule has 6 aromatic rings. The monoisotopic (exact) mass is 866 g/mol. The molecule has 0 bridgehead atoms. The number of hydrogen-bond acceptors (Lipinski definition) is 14. The van der Waals surface area contributed by atoms with Crippen molar-refractivity contribution < 1.29 is 19.1 Å². The Kier molecular flexibility index (Phi) is 13.0. The summed E-state index contributed by atoms with van der Waals surface area (Å²) >= 11 is 0. The van der Waals surface area contributed by atoms with Gasteiger partial charge < -0.3 is 40.5 Å². The largest absolute Gasteiger partial charge is 0.378 e. The zero-order valence-corrected chi connectivity index (χ0v) is 35.8. The Bertz CT molecular complexity index is 2390. The number of ether oxygens (including phenoxy) is 2. The summed E-state index contributed by atoms with van der Waals surface area (Å²) in [6.45, 7) is 13.6. The quantitative estimate of drug-likeness (QED) is 0.116. The number of pyridine rings is 4. The first-order valence-corrected chi connectivity index (χ1v) is 22.0. The Balaban J connectivity index is 0.000000162. The van der Waals surface area contributed by atoms with E-state index in [-0.39, 0.29) is 23.9 Å². The molecule has 8 heterocycles. The zero-order valence-electron chi connectivity index (χ0n) is 35.8. The molecule has 0 unspecified atom stereocenters. The van der Waals surface area contributed by atoms with Gasteiger partial charge in [-0.25, -0.2) is 29.0 Å². The lowest BCUT2D eigenvalue weighted by molar-refractivity contribution is -0.117. The second-order valence-corrected chi connectivity index (χ2v) is 16.5. The highest BCUT2D eigenvalue weighted by molar-refractivity contribution is 5.87. The van der Waals surface area contributed by atoms with Crippen LogP contribution in [0.1, 0.15) is 61.5 Å². The van der Waals surface area contributed by atoms with Crippen molar-refractivity contribution in [3.8, 4) is 0 Å². The number of nitrogens with one attached hydrogen (secondary N) is 4. The summed E-state index contributed by atoms with van der Waals surface area (Å²) in [5.74, 6) is 1.97. The summed E-state index contributed by atoms with van der Waals surface area (Å²) in [4.78, 5) is 45.9. The van der Waals surface area contributed by atoms with Crippen molar-refractivity contribution in [2.45, 2.75) is 62.4 Å². The molecule has 6 aromatic heterocycles. The standard InChI is InChI=1S/2C23H27N7O2/c2*1-2-22(31)27-18-4-3-16(11-18)17-12-20(23-25-15-26-30(23)14-17)28-21-6-5-19(13-24-21)29-7-9-32-10-8-29/h2*2,5-6,12-16,18H,1,3-4,7-11H2,(H,24,28)(H,27,31)/t2*16-,18+/m10/s1. The van der Waals surface area contributed by atoms with Gasteiger partial charge in [0.25, 0.3) is 0 Å². The average Bonchev–Trinajstić information content (AvgIpc) is 4.19. The van der Waals surface area contributed by atoms with Gasteiger partial charge in [-0.1, -0.05) is 13.2 Å². The van der Waals surface area contributed by atoms with Crippen LogP contribution < -0.4 is 31.1 Å². The highest BCUT2D eigenvalue weighted by Crippen LogP contribution is 2.38. The molecule has 2 amide bonds. The maximum atomic E-state index is 11.7. The molecule has 2 saturated carbocycles. The molecule has 4 N–H and O–H groups in total. The maximum Gasteiger partial charge on any atom is 0.243 e. The van der Waals surface area contributed by atoms with Crippen molar-refractivity contribution in [1.82, 2.24) is 49.8 Å². The Morgan fingerprint density at radius 2 is 1.05 bits per heavy atom. The topological polar surface area (TPSA) is 193 Å². The van der Waals surface area contributed by atoms with E-state index < -0.39 is 0 Å². The first-order valence-electron chi connectivity index (χ1n) is 22.0. The molecule has 64 heavy (non-hydrogen) atoms. The summed E-state index contributed by atoms with van der Waals surface area (Å²) in [6.07, 6.45) is 19.3. The van der Waals surface area contributed by atoms with E-state index >= 15 is 0 Å². The number of rotatable bonds is 12. The number of nitrogens with zero attached hydrogens (tertiary/aromatic N) is 10. The first-order chi connectivity index (χ1) is 31.4. The lowest BCUT2D eigenvalue weighted by Gasteiger charge is -2.28. The molecule has 2 saturated heterocycles. The minimum atomic E-state index is -0.115. The van der Waals surface area contributed by atoms with E-state index in [0.29, 0.717) is 11.8 Å². The molecule has 10 rings (SSSR count). The Labute approximate surface area is 371 Å². The van der Waals surface area contributed by atoms with Crippen LogP contribution in [0, 0.1) is 0 Å². The van der Waals surface area contributed by atoms with Crippen LogP contribution in [0.2, 0.25) is 0 Å². The Morgan fingerprint density at radius 1 is 0.609 bits per heavy atom. The third kappa shape index (κ3) is 9.97. The van der Waals surface area contributed by atoms with Gasteiger partial charge in [0, 0.05) is 50.7 Å². The summed E-state index contributed by atoms with van der Waals surface area (Å²) in [5.41, 5.74) is 7.77. The third-order valence-electron chi connectivity index (χ3n) is 12.4. The fourth-order valence-corrected chi connectivity index (χ4v) is 9.09. The fraction of sp³-hybridized carbons (Fsp3) is 0.391. The molecule has 4 aliphatic rings. The lowest BCUT2D eigenvalue weighted by Crippen LogP contribution is -2.36. The molecule has 18 heteroatoms. The molecule has 18 nitrogen and oxygen atoms in total. The maximum absolute atomic E-state index is 11.7. The molecule has 4 atom stereocenters. The van der Waals surface area contributed by atoms with Crippen LogP contribution in [0.4, 0.5) is 34.4 Å². The van der Waals surface area contributed by atoms with Crippen LogP contribution in [0.5, 0.6) is 0 Å². The summed E-state index contributed by atoms with van der Waals surface area (Å²) in [7, 11) is 0. The number of anilines is 6. The highest BCUT2D eigenvalue weighted by Gasteiger charge is 2.29. The van der Waals surface area contributed by atoms with Crippen molar-refractivity contribution in [2.24, 2.45) is 0 Å². The molecule has 332 valence electrons. The van der Waals surface area contributed by atoms with Crippen molar-refractivity contribution in [1.29, 1.82) is 0 Å². The molecule has 0 aromatic carbocycles. The molecule has 4 fully saturated rings. The average molecular weight is 867 g/mol. The van der Waals surface area contributed by atoms with Crippen molar-refractivity contribution in [2.75, 3.05) is 73.0 Å². The summed E-state index contributed by atoms with van der Waals surface area (Å²) in [6, 6.07) is 12.7. The molecular weight excluding hydrogens is 813 g/mol. The van der Waals surface area contributed by atoms with E-state index in [0.717, 1.165) is 137 Å². The van der Waals surface area contributed by atoms with Crippen LogP contribution >= 0.6 is 0 Å². The number of fused-ring (bicyclic) bond motifs is 2. The van der Waals surface area contributed by atoms with Crippen LogP contribution in [-0.2, 0) is 19.1 Å². The summed E-state index contributed by atoms with van der Waals surface area (Å²) < 4.78 is 14.5. The van der Waals surface area contributed by atoms with E-state index in [1.165, 1.54) is 23.3 Å². The molecule has 2 aliphatic carbocycles. The van der Waals surface area contributed by atoms with E-state index in [9.17, 15) is 9.59 Å². The van der Waals surface area contributed by atoms with Gasteiger partial charge in [-0.3, -0.25) is 9.59 Å². The Hall–Kier alpha value is -6.92. The number of hydrogen-bond donors (Lipinski definition) is 4. The van der Waals surface area contributed by atoms with Crippen LogP contribution in [0.3, 0.4) is 0 Å². The molecule has 0 radical (unpaired) electrons. The van der Waals surface area contributed by atoms with Crippen LogP contribution in [-0.4, -0.2) is 116 Å². The number of amides is 2. The van der Waals surface area contributed by atoms with E-state index in [1.807, 2.05) is 36.9 Å². The lowest BCUT2D eigenvalue weighted by atomic mass is 9.98. The van der Waals surface area contributed by atoms with Crippen LogP contribution in [0.15, 0.2) is 99.2 Å². The molecule has 2 aliphatic heterocycles. The number of carbonyl (C=O) groups excluding carboxylic acids is 2. The molecule has 0 spiro atoms. The predicted molar refractivity (Wildman–Crippen MR) is 245 cm³/mol. The van der Waals surface area contributed by atoms with Gasteiger partial charge in [-0.05, 0) is 110 Å². The normalized spacial score (nSPS) is 20.9. The third-order valence-corrected chi connectivity index (χ3v) is 12.4. The van der Waals surface area contributed by atoms with Crippen molar-refractivity contribution in [3.63, 3.8) is 0 Å². The van der Waals surface area contributed by atoms with Crippen molar-refractivity contribution >= 4 is 57.5 Å².